The smallest absolute Gasteiger partial charge is 0.438 e. The van der Waals surface area contributed by atoms with Gasteiger partial charge in [0, 0.05) is 18.4 Å². The third-order valence-corrected chi connectivity index (χ3v) is 13.5. The summed E-state index contributed by atoms with van der Waals surface area (Å²) in [6.45, 7) is 11.9. The predicted octanol–water partition coefficient (Wildman–Crippen LogP) is 5.17. The molecular weight excluding hydrogens is 798 g/mol. The zero-order valence-electron chi connectivity index (χ0n) is 34.3. The largest absolute Gasteiger partial charge is 0.494 e. The number of hydrogen-bond donors (Lipinski definition) is 3. The molecule has 6 rings (SSSR count). The first kappa shape index (κ1) is 43.9. The fourth-order valence-corrected chi connectivity index (χ4v) is 9.04. The van der Waals surface area contributed by atoms with E-state index in [0.29, 0.717) is 37.9 Å². The summed E-state index contributed by atoms with van der Waals surface area (Å²) in [6.07, 6.45) is -1.37. The summed E-state index contributed by atoms with van der Waals surface area (Å²) in [5.41, 5.74) is -4.07. The highest BCUT2D eigenvalue weighted by Gasteiger charge is 2.63. The molecule has 7 atom stereocenters. The number of rotatable bonds is 8. The molecule has 324 valence electrons. The van der Waals surface area contributed by atoms with Gasteiger partial charge >= 0.3 is 12.3 Å². The molecule has 1 aromatic carbocycles. The molecule has 0 spiro atoms. The van der Waals surface area contributed by atoms with Gasteiger partial charge < -0.3 is 29.7 Å². The minimum atomic E-state index is -5.01. The molecule has 0 radical (unpaired) electrons. The summed E-state index contributed by atoms with van der Waals surface area (Å²) in [5.74, 6) is -4.13. The van der Waals surface area contributed by atoms with E-state index in [1.165, 1.54) is 25.1 Å². The lowest BCUT2D eigenvalue weighted by Gasteiger charge is -2.33. The summed E-state index contributed by atoms with van der Waals surface area (Å²) in [7, 11) is -4.11. The van der Waals surface area contributed by atoms with Crippen molar-refractivity contribution in [3.8, 4) is 11.6 Å². The normalized spacial score (nSPS) is 28.6. The summed E-state index contributed by atoms with van der Waals surface area (Å²) >= 11 is 0. The molecule has 4 amide bonds. The van der Waals surface area contributed by atoms with Gasteiger partial charge in [-0.05, 0) is 97.1 Å². The molecule has 2 aromatic rings. The van der Waals surface area contributed by atoms with Crippen LogP contribution in [0.5, 0.6) is 11.6 Å². The van der Waals surface area contributed by atoms with Gasteiger partial charge in [-0.25, -0.2) is 23.2 Å². The van der Waals surface area contributed by atoms with Gasteiger partial charge in [-0.15, -0.1) is 0 Å². The Morgan fingerprint density at radius 2 is 1.78 bits per heavy atom. The maximum absolute atomic E-state index is 14.8. The molecule has 1 saturated heterocycles. The molecule has 4 aliphatic rings. The van der Waals surface area contributed by atoms with Crippen molar-refractivity contribution in [1.29, 1.82) is 0 Å². The lowest BCUT2D eigenvalue weighted by molar-refractivity contribution is -0.143. The molecule has 1 aromatic heterocycles. The highest BCUT2D eigenvalue weighted by molar-refractivity contribution is 7.91. The number of amides is 4. The predicted molar refractivity (Wildman–Crippen MR) is 208 cm³/mol. The third kappa shape index (κ3) is 9.70. The number of sulfonamides is 1. The highest BCUT2D eigenvalue weighted by Crippen LogP contribution is 2.48. The Morgan fingerprint density at radius 3 is 2.42 bits per heavy atom. The van der Waals surface area contributed by atoms with E-state index in [1.807, 2.05) is 13.0 Å². The summed E-state index contributed by atoms with van der Waals surface area (Å²) < 4.78 is 87.8. The van der Waals surface area contributed by atoms with Crippen molar-refractivity contribution in [1.82, 2.24) is 30.2 Å². The average Bonchev–Trinajstić information content (AvgIpc) is 4.00. The quantitative estimate of drug-likeness (QED) is 0.297. The highest BCUT2D eigenvalue weighted by atomic mass is 32.2. The van der Waals surface area contributed by atoms with Crippen LogP contribution in [0.25, 0.3) is 11.0 Å². The molecule has 0 bridgehead atoms. The van der Waals surface area contributed by atoms with Crippen LogP contribution in [0.4, 0.5) is 18.0 Å². The number of hydrogen-bond acceptors (Lipinski definition) is 11. The number of alkyl carbamates (subject to hydrolysis) is 1. The van der Waals surface area contributed by atoms with Crippen LogP contribution in [0.3, 0.4) is 0 Å². The van der Waals surface area contributed by atoms with E-state index in [-0.39, 0.29) is 36.4 Å². The summed E-state index contributed by atoms with van der Waals surface area (Å²) in [6, 6.07) is 1.53. The molecule has 7 unspecified atom stereocenters. The number of fused-ring (bicyclic) bond motifs is 3. The Bertz CT molecular complexity index is 2120. The molecular formula is C40H53F3N6O9S. The summed E-state index contributed by atoms with van der Waals surface area (Å²) in [4.78, 5) is 65.5. The van der Waals surface area contributed by atoms with Gasteiger partial charge in [-0.2, -0.15) is 13.2 Å². The van der Waals surface area contributed by atoms with Crippen LogP contribution in [0.2, 0.25) is 0 Å². The molecule has 2 aliphatic heterocycles. The van der Waals surface area contributed by atoms with Crippen LogP contribution >= 0.6 is 0 Å². The Morgan fingerprint density at radius 1 is 1.07 bits per heavy atom. The van der Waals surface area contributed by atoms with E-state index < -0.39 is 104 Å². The average molecular weight is 851 g/mol. The zero-order valence-corrected chi connectivity index (χ0v) is 35.1. The monoisotopic (exact) mass is 850 g/mol. The number of aromatic nitrogens is 2. The molecule has 3 N–H and O–H groups in total. The van der Waals surface area contributed by atoms with Crippen LogP contribution in [0.1, 0.15) is 99.1 Å². The van der Waals surface area contributed by atoms with Gasteiger partial charge in [0.25, 0.3) is 5.91 Å². The molecule has 3 fully saturated rings. The first-order chi connectivity index (χ1) is 27.4. The van der Waals surface area contributed by atoms with Gasteiger partial charge in [-0.3, -0.25) is 19.1 Å². The molecule has 2 saturated carbocycles. The van der Waals surface area contributed by atoms with Crippen LogP contribution < -0.4 is 24.8 Å². The Kier molecular flexibility index (Phi) is 11.9. The van der Waals surface area contributed by atoms with Crippen LogP contribution in [-0.4, -0.2) is 94.3 Å². The van der Waals surface area contributed by atoms with Gasteiger partial charge in [0.15, 0.2) is 0 Å². The maximum atomic E-state index is 14.8. The number of carbonyl (C=O) groups is 4. The van der Waals surface area contributed by atoms with Crippen molar-refractivity contribution >= 4 is 44.9 Å². The van der Waals surface area contributed by atoms with Gasteiger partial charge in [-0.1, -0.05) is 26.0 Å². The van der Waals surface area contributed by atoms with Crippen molar-refractivity contribution in [2.24, 2.45) is 17.8 Å². The number of halogens is 3. The van der Waals surface area contributed by atoms with E-state index in [0.717, 1.165) is 4.90 Å². The van der Waals surface area contributed by atoms with E-state index in [9.17, 15) is 40.8 Å². The van der Waals surface area contributed by atoms with Gasteiger partial charge in [0.2, 0.25) is 33.4 Å². The first-order valence-corrected chi connectivity index (χ1v) is 21.5. The Hall–Kier alpha value is -4.68. The van der Waals surface area contributed by atoms with Crippen LogP contribution in [0.15, 0.2) is 30.4 Å². The molecule has 2 aliphatic carbocycles. The van der Waals surface area contributed by atoms with Crippen molar-refractivity contribution in [3.05, 3.63) is 36.0 Å². The maximum Gasteiger partial charge on any atom is 0.438 e. The second kappa shape index (κ2) is 16.1. The van der Waals surface area contributed by atoms with E-state index >= 15 is 0 Å². The van der Waals surface area contributed by atoms with Gasteiger partial charge in [0.05, 0.1) is 28.9 Å². The lowest BCUT2D eigenvalue weighted by atomic mass is 9.88. The van der Waals surface area contributed by atoms with Crippen molar-refractivity contribution in [2.45, 2.75) is 134 Å². The van der Waals surface area contributed by atoms with Crippen molar-refractivity contribution < 1.29 is 55.0 Å². The van der Waals surface area contributed by atoms with Crippen LogP contribution in [0, 0.1) is 17.8 Å². The minimum absolute atomic E-state index is 0.0351. The standard InChI is InChI=1S/C40H53F3N6O9S/c1-8-56-25-13-14-27-28(18-25)45-33(31(44-27)40(41,42)43)57-26-19-29-32(50)47-39(35(52)48-59(54,55)38(7)15-16-38)20-24(39)12-10-9-11-22(2)17-23(3)30(34(51)49(29)21-26)46-36(53)58-37(4,5)6/h10,12-14,18,22-24,26,29-30H,8-9,11,15-17,19-21H2,1-7H3,(H,46,53)(H,47,50)(H,48,52). The third-order valence-electron chi connectivity index (χ3n) is 11.4. The molecule has 19 heteroatoms. The SMILES string of the molecule is CCOc1ccc2nc(C(F)(F)F)c(OC3CC4C(=O)NC5(C(=O)NS(=O)(=O)C6(C)CC6)CC5C=CCCC(C)CC(C)C(NC(=O)OC(C)(C)C)C(=O)N4C3)nc2c1. The first-order valence-electron chi connectivity index (χ1n) is 20.0. The number of benzene rings is 1. The topological polar surface area (TPSA) is 195 Å². The van der Waals surface area contributed by atoms with E-state index in [1.54, 1.807) is 40.7 Å². The molecule has 3 heterocycles. The second-order valence-corrected chi connectivity index (χ2v) is 19.7. The van der Waals surface area contributed by atoms with Crippen molar-refractivity contribution in [2.75, 3.05) is 13.2 Å². The number of nitrogens with zero attached hydrogens (tertiary/aromatic N) is 3. The molecule has 59 heavy (non-hydrogen) atoms. The van der Waals surface area contributed by atoms with E-state index in [4.69, 9.17) is 14.2 Å². The number of nitrogens with one attached hydrogen (secondary N) is 3. The second-order valence-electron chi connectivity index (χ2n) is 17.5. The number of carbonyl (C=O) groups excluding carboxylic acids is 4. The minimum Gasteiger partial charge on any atom is -0.494 e. The van der Waals surface area contributed by atoms with E-state index in [2.05, 4.69) is 25.3 Å². The number of ether oxygens (including phenoxy) is 3. The lowest BCUT2D eigenvalue weighted by Crippen LogP contribution is -2.59. The van der Waals surface area contributed by atoms with Gasteiger partial charge in [0.1, 0.15) is 35.1 Å². The number of allylic oxidation sites excluding steroid dienone is 1. The van der Waals surface area contributed by atoms with Crippen molar-refractivity contribution in [3.63, 3.8) is 0 Å². The number of alkyl halides is 3. The fourth-order valence-electron chi connectivity index (χ4n) is 7.73. The fraction of sp³-hybridized carbons (Fsp3) is 0.650. The zero-order chi connectivity index (χ0) is 43.3. The molecule has 15 nitrogen and oxygen atoms in total. The Balaban J connectivity index is 1.38. The Labute approximate surface area is 341 Å². The summed E-state index contributed by atoms with van der Waals surface area (Å²) in [5, 5.41) is 5.42. The van der Waals surface area contributed by atoms with Crippen LogP contribution in [-0.2, 0) is 35.3 Å².